The van der Waals surface area contributed by atoms with Crippen molar-refractivity contribution in [3.8, 4) is 11.9 Å². The van der Waals surface area contributed by atoms with Crippen LogP contribution in [0.2, 0.25) is 0 Å². The highest BCUT2D eigenvalue weighted by Gasteiger charge is 2.11. The van der Waals surface area contributed by atoms with Gasteiger partial charge >= 0.3 is 5.97 Å². The molecule has 8 heteroatoms. The summed E-state index contributed by atoms with van der Waals surface area (Å²) in [5.74, 6) is -0.379. The van der Waals surface area contributed by atoms with Crippen molar-refractivity contribution in [1.82, 2.24) is 5.32 Å². The first-order chi connectivity index (χ1) is 11.5. The second-order valence-electron chi connectivity index (χ2n) is 4.69. The van der Waals surface area contributed by atoms with E-state index in [0.717, 1.165) is 5.56 Å². The minimum Gasteiger partial charge on any atom is -0.483 e. The van der Waals surface area contributed by atoms with E-state index in [2.05, 4.69) is 10.3 Å². The van der Waals surface area contributed by atoms with E-state index in [4.69, 9.17) is 19.5 Å². The molecule has 0 aliphatic carbocycles. The summed E-state index contributed by atoms with van der Waals surface area (Å²) in [5, 5.41) is 20.5. The van der Waals surface area contributed by atoms with Gasteiger partial charge < -0.3 is 14.3 Å². The van der Waals surface area contributed by atoms with Gasteiger partial charge in [0.1, 0.15) is 23.8 Å². The molecule has 24 heavy (non-hydrogen) atoms. The summed E-state index contributed by atoms with van der Waals surface area (Å²) < 4.78 is 10.8. The molecule has 0 aliphatic rings. The number of nitriles is 1. The van der Waals surface area contributed by atoms with Gasteiger partial charge in [-0.3, -0.25) is 5.32 Å². The third-order valence-electron chi connectivity index (χ3n) is 2.93. The minimum absolute atomic E-state index is 0.0686. The smallest absolute Gasteiger partial charge is 0.371 e. The first-order valence-electron chi connectivity index (χ1n) is 6.86. The monoisotopic (exact) mass is 345 g/mol. The minimum atomic E-state index is -1.13. The van der Waals surface area contributed by atoms with Crippen LogP contribution in [0.5, 0.6) is 5.75 Å². The maximum atomic E-state index is 10.8. The van der Waals surface area contributed by atoms with Crippen LogP contribution in [-0.2, 0) is 6.61 Å². The lowest BCUT2D eigenvalue weighted by atomic mass is 10.2. The topological polar surface area (TPSA) is 108 Å². The van der Waals surface area contributed by atoms with Crippen molar-refractivity contribution in [2.75, 3.05) is 6.26 Å². The van der Waals surface area contributed by atoms with Crippen LogP contribution >= 0.6 is 11.8 Å². The molecule has 124 valence electrons. The van der Waals surface area contributed by atoms with Gasteiger partial charge in [-0.2, -0.15) is 5.26 Å². The third kappa shape index (κ3) is 4.54. The van der Waals surface area contributed by atoms with Crippen LogP contribution in [0.15, 0.2) is 39.7 Å². The number of carboxylic acids is 1. The molecule has 0 saturated carbocycles. The average Bonchev–Trinajstić information content (AvgIpc) is 3.03. The molecule has 0 spiro atoms. The number of carboxylic acid groups (broad SMARTS) is 1. The lowest BCUT2D eigenvalue weighted by molar-refractivity contribution is 0.0658. The Morgan fingerprint density at radius 3 is 2.88 bits per heavy atom. The number of aliphatic imine (C=N–C) groups is 1. The quantitative estimate of drug-likeness (QED) is 0.370. The van der Waals surface area contributed by atoms with Crippen LogP contribution in [0.4, 0.5) is 5.69 Å². The van der Waals surface area contributed by atoms with Crippen molar-refractivity contribution in [3.63, 3.8) is 0 Å². The second-order valence-corrected chi connectivity index (χ2v) is 5.48. The van der Waals surface area contributed by atoms with Crippen LogP contribution in [0.25, 0.3) is 0 Å². The fourth-order valence-electron chi connectivity index (χ4n) is 1.84. The highest BCUT2D eigenvalue weighted by atomic mass is 32.2. The Kier molecular flexibility index (Phi) is 5.87. The van der Waals surface area contributed by atoms with Gasteiger partial charge in [0.25, 0.3) is 0 Å². The fourth-order valence-corrected chi connectivity index (χ4v) is 2.18. The number of nitrogens with one attached hydrogen (secondary N) is 1. The predicted octanol–water partition coefficient (Wildman–Crippen LogP) is 3.29. The van der Waals surface area contributed by atoms with Gasteiger partial charge in [0.05, 0.1) is 0 Å². The number of carbonyl (C=O) groups is 1. The first kappa shape index (κ1) is 17.4. The van der Waals surface area contributed by atoms with E-state index >= 15 is 0 Å². The van der Waals surface area contributed by atoms with Gasteiger partial charge in [0.15, 0.2) is 11.4 Å². The van der Waals surface area contributed by atoms with E-state index in [1.807, 2.05) is 25.2 Å². The Balaban J connectivity index is 2.20. The lowest BCUT2D eigenvalue weighted by Gasteiger charge is -2.09. The molecule has 7 nitrogen and oxygen atoms in total. The Labute approximate surface area is 143 Å². The lowest BCUT2D eigenvalue weighted by Crippen LogP contribution is -2.12. The van der Waals surface area contributed by atoms with Crippen LogP contribution in [0.1, 0.15) is 21.9 Å². The van der Waals surface area contributed by atoms with E-state index in [-0.39, 0.29) is 12.4 Å². The standard InChI is InChI=1S/C16H15N3O4S/c1-10-3-5-13(12(7-10)19-16(24-2)18-9-17)22-8-11-4-6-14(23-11)15(20)21/h3-7H,8H2,1-2H3,(H,18,19)(H,20,21). The number of benzene rings is 1. The van der Waals surface area contributed by atoms with Gasteiger partial charge in [0.2, 0.25) is 5.76 Å². The van der Waals surface area contributed by atoms with E-state index in [0.29, 0.717) is 22.4 Å². The summed E-state index contributed by atoms with van der Waals surface area (Å²) in [7, 11) is 0. The summed E-state index contributed by atoms with van der Waals surface area (Å²) in [6, 6.07) is 8.38. The van der Waals surface area contributed by atoms with Gasteiger partial charge in [-0.15, -0.1) is 0 Å². The Morgan fingerprint density at radius 2 is 2.25 bits per heavy atom. The van der Waals surface area contributed by atoms with Gasteiger partial charge in [-0.25, -0.2) is 9.79 Å². The molecule has 0 radical (unpaired) electrons. The van der Waals surface area contributed by atoms with E-state index in [9.17, 15) is 4.79 Å². The Hall–Kier alpha value is -2.92. The van der Waals surface area contributed by atoms with Gasteiger partial charge in [-0.05, 0) is 43.0 Å². The fraction of sp³-hybridized carbons (Fsp3) is 0.188. The van der Waals surface area contributed by atoms with E-state index in [1.165, 1.54) is 17.8 Å². The number of thioether (sulfide) groups is 1. The van der Waals surface area contributed by atoms with Crippen molar-refractivity contribution >= 4 is 28.6 Å². The summed E-state index contributed by atoms with van der Waals surface area (Å²) in [6.07, 6.45) is 3.63. The van der Waals surface area contributed by atoms with E-state index < -0.39 is 5.97 Å². The van der Waals surface area contributed by atoms with Crippen molar-refractivity contribution in [3.05, 3.63) is 47.4 Å². The molecular formula is C16H15N3O4S. The number of hydrogen-bond acceptors (Lipinski definition) is 6. The molecule has 1 aromatic heterocycles. The number of furan rings is 1. The van der Waals surface area contributed by atoms with Crippen molar-refractivity contribution < 1.29 is 19.1 Å². The highest BCUT2D eigenvalue weighted by Crippen LogP contribution is 2.30. The largest absolute Gasteiger partial charge is 0.483 e. The number of rotatable bonds is 5. The number of aromatic carboxylic acids is 1. The number of amidine groups is 1. The number of ether oxygens (including phenoxy) is 1. The molecule has 1 heterocycles. The SMILES string of the molecule is CSC(=Nc1cc(C)ccc1OCc1ccc(C(=O)O)o1)NC#N. The normalized spacial score (nSPS) is 11.0. The molecule has 0 atom stereocenters. The van der Waals surface area contributed by atoms with Crippen LogP contribution in [0, 0.1) is 18.4 Å². The Bertz CT molecular complexity index is 808. The van der Waals surface area contributed by atoms with Crippen LogP contribution in [0.3, 0.4) is 0 Å². The molecule has 0 saturated heterocycles. The number of hydrogen-bond donors (Lipinski definition) is 2. The van der Waals surface area contributed by atoms with Crippen molar-refractivity contribution in [2.24, 2.45) is 4.99 Å². The predicted molar refractivity (Wildman–Crippen MR) is 90.5 cm³/mol. The van der Waals surface area contributed by atoms with Crippen molar-refractivity contribution in [2.45, 2.75) is 13.5 Å². The molecule has 0 unspecified atom stereocenters. The van der Waals surface area contributed by atoms with Crippen molar-refractivity contribution in [1.29, 1.82) is 5.26 Å². The van der Waals surface area contributed by atoms with E-state index in [1.54, 1.807) is 18.4 Å². The summed E-state index contributed by atoms with van der Waals surface area (Å²) in [5.41, 5.74) is 1.55. The highest BCUT2D eigenvalue weighted by molar-refractivity contribution is 8.13. The molecule has 0 aliphatic heterocycles. The zero-order valence-corrected chi connectivity index (χ0v) is 13.9. The molecule has 0 amide bonds. The zero-order valence-electron chi connectivity index (χ0n) is 13.1. The van der Waals surface area contributed by atoms with Gasteiger partial charge in [0, 0.05) is 0 Å². The molecule has 2 aromatic rings. The maximum absolute atomic E-state index is 10.8. The summed E-state index contributed by atoms with van der Waals surface area (Å²) in [4.78, 5) is 15.2. The molecular weight excluding hydrogens is 330 g/mol. The maximum Gasteiger partial charge on any atom is 0.371 e. The number of nitrogens with zero attached hydrogens (tertiary/aromatic N) is 2. The van der Waals surface area contributed by atoms with Gasteiger partial charge in [-0.1, -0.05) is 17.8 Å². The van der Waals surface area contributed by atoms with Crippen LogP contribution < -0.4 is 10.1 Å². The molecule has 0 fully saturated rings. The van der Waals surface area contributed by atoms with Crippen LogP contribution in [-0.4, -0.2) is 22.5 Å². The molecule has 2 N–H and O–H groups in total. The second kappa shape index (κ2) is 8.08. The zero-order chi connectivity index (χ0) is 17.5. The number of aryl methyl sites for hydroxylation is 1. The molecule has 0 bridgehead atoms. The first-order valence-corrected chi connectivity index (χ1v) is 8.09. The molecule has 2 rings (SSSR count). The summed E-state index contributed by atoms with van der Waals surface area (Å²) >= 11 is 1.30. The third-order valence-corrected chi connectivity index (χ3v) is 3.52. The average molecular weight is 345 g/mol. The summed E-state index contributed by atoms with van der Waals surface area (Å²) in [6.45, 7) is 1.99. The Morgan fingerprint density at radius 1 is 1.46 bits per heavy atom. The molecule has 1 aromatic carbocycles.